The van der Waals surface area contributed by atoms with Gasteiger partial charge in [-0.2, -0.15) is 0 Å². The third-order valence-electron chi connectivity index (χ3n) is 16.1. The van der Waals surface area contributed by atoms with Crippen LogP contribution >= 0.6 is 68.8 Å². The van der Waals surface area contributed by atoms with Crippen LogP contribution < -0.4 is 0 Å². The molecule has 0 aliphatic carbocycles. The summed E-state index contributed by atoms with van der Waals surface area (Å²) in [5, 5.41) is 12.3. The number of ether oxygens (including phenoxy) is 6. The summed E-state index contributed by atoms with van der Waals surface area (Å²) in [5.41, 5.74) is 6.11. The van der Waals surface area contributed by atoms with Crippen molar-refractivity contribution in [2.75, 3.05) is 40.6 Å². The fourth-order valence-corrected chi connectivity index (χ4v) is 15.8. The maximum Gasteiger partial charge on any atom is 0.193 e. The highest BCUT2D eigenvalue weighted by Crippen LogP contribution is 2.48. The van der Waals surface area contributed by atoms with Crippen molar-refractivity contribution < 1.29 is 51.6 Å². The zero-order chi connectivity index (χ0) is 61.3. The third-order valence-corrected chi connectivity index (χ3v) is 33.4. The zero-order valence-corrected chi connectivity index (χ0v) is 59.2. The van der Waals surface area contributed by atoms with E-state index in [9.17, 15) is 9.90 Å². The minimum absolute atomic E-state index is 0.0509. The van der Waals surface area contributed by atoms with Gasteiger partial charge in [0.2, 0.25) is 0 Å². The molecule has 3 unspecified atom stereocenters. The van der Waals surface area contributed by atoms with Crippen LogP contribution in [0.5, 0.6) is 0 Å². The van der Waals surface area contributed by atoms with Gasteiger partial charge >= 0.3 is 0 Å². The molecule has 456 valence electrons. The van der Waals surface area contributed by atoms with Gasteiger partial charge in [-0.15, -0.1) is 34.0 Å². The third kappa shape index (κ3) is 18.3. The number of hydrogen-bond donors (Lipinski definition) is 1. The molecule has 0 bridgehead atoms. The summed E-state index contributed by atoms with van der Waals surface area (Å²) in [6.07, 6.45) is -0.576. The van der Waals surface area contributed by atoms with Crippen LogP contribution in [0, 0.1) is 0 Å². The number of carbonyl (C=O) groups is 1. The van der Waals surface area contributed by atoms with Crippen molar-refractivity contribution in [3.8, 4) is 0 Å². The molecule has 8 rings (SSSR count). The molecule has 6 aromatic rings. The Balaban J connectivity index is 0.000000200. The number of aldehydes is 1. The number of thiophene rings is 3. The summed E-state index contributed by atoms with van der Waals surface area (Å²) >= 11 is 23.5. The number of rotatable bonds is 20. The zero-order valence-electron chi connectivity index (χ0n) is 51.5. The molecule has 2 saturated heterocycles. The summed E-state index contributed by atoms with van der Waals surface area (Å²) in [7, 11) is -2.84. The maximum atomic E-state index is 11.4. The first-order valence-corrected chi connectivity index (χ1v) is 40.3. The first kappa shape index (κ1) is 69.6. The predicted molar refractivity (Wildman–Crippen MR) is 350 cm³/mol. The number of aliphatic hydroxyl groups excluding tert-OH is 1. The topological polar surface area (TPSA) is 120 Å². The van der Waals surface area contributed by atoms with Gasteiger partial charge in [0.1, 0.15) is 0 Å². The van der Waals surface area contributed by atoms with Gasteiger partial charge in [-0.05, 0) is 126 Å². The molecule has 2 aliphatic rings. The average molecular weight is 1310 g/mol. The molecule has 5 heterocycles. The first-order chi connectivity index (χ1) is 38.8. The van der Waals surface area contributed by atoms with E-state index in [1.807, 2.05) is 72.8 Å². The van der Waals surface area contributed by atoms with Gasteiger partial charge in [0.25, 0.3) is 0 Å². The normalized spacial score (nSPS) is 16.1. The monoisotopic (exact) mass is 1300 g/mol. The fourth-order valence-electron chi connectivity index (χ4n) is 8.36. The van der Waals surface area contributed by atoms with E-state index in [4.69, 9.17) is 76.5 Å². The molecule has 1 N–H and O–H groups in total. The number of aliphatic hydroxyl groups is 1. The van der Waals surface area contributed by atoms with E-state index in [-0.39, 0.29) is 52.6 Å². The number of carbonyl (C=O) groups excluding carboxylic acids is 1. The summed E-state index contributed by atoms with van der Waals surface area (Å²) in [4.78, 5) is 17.1. The highest BCUT2D eigenvalue weighted by atomic mass is 35.5. The molecule has 3 aromatic carbocycles. The van der Waals surface area contributed by atoms with Crippen LogP contribution in [0.4, 0.5) is 0 Å². The average Bonchev–Trinajstić information content (AvgIpc) is 3.94. The molecule has 0 saturated carbocycles. The molecule has 2 aliphatic heterocycles. The van der Waals surface area contributed by atoms with Crippen molar-refractivity contribution in [3.63, 3.8) is 0 Å². The van der Waals surface area contributed by atoms with Crippen molar-refractivity contribution in [2.45, 2.75) is 167 Å². The van der Waals surface area contributed by atoms with Gasteiger partial charge in [0.05, 0.1) is 79.2 Å². The van der Waals surface area contributed by atoms with Crippen LogP contribution in [0.1, 0.15) is 161 Å². The Labute approximate surface area is 524 Å². The minimum Gasteiger partial charge on any atom is -0.406 e. The van der Waals surface area contributed by atoms with Crippen molar-refractivity contribution >= 4 is 100 Å². The lowest BCUT2D eigenvalue weighted by atomic mass is 10.0. The van der Waals surface area contributed by atoms with E-state index in [0.29, 0.717) is 59.6 Å². The van der Waals surface area contributed by atoms with E-state index in [1.54, 1.807) is 25.6 Å². The van der Waals surface area contributed by atoms with E-state index >= 15 is 0 Å². The summed E-state index contributed by atoms with van der Waals surface area (Å²) in [5.74, 6) is 0. The Morgan fingerprint density at radius 2 is 0.831 bits per heavy atom. The molecule has 11 nitrogen and oxygen atoms in total. The lowest BCUT2D eigenvalue weighted by Crippen LogP contribution is -2.42. The molecular weight excluding hydrogens is 1220 g/mol. The Hall–Kier alpha value is -2.45. The Kier molecular flexibility index (Phi) is 24.9. The molecule has 20 heteroatoms. The second-order valence-electron chi connectivity index (χ2n) is 25.3. The fraction of sp³-hybridized carbons (Fsp3) is 0.508. The maximum absolute atomic E-state index is 11.4. The lowest BCUT2D eigenvalue weighted by Gasteiger charge is -2.39. The van der Waals surface area contributed by atoms with Crippen molar-refractivity contribution in [1.82, 2.24) is 0 Å². The van der Waals surface area contributed by atoms with Crippen LogP contribution in [0.2, 0.25) is 69.5 Å². The highest BCUT2D eigenvalue weighted by molar-refractivity contribution is 7.14. The summed E-state index contributed by atoms with van der Waals surface area (Å²) in [6, 6.07) is 29.6. The lowest BCUT2D eigenvalue weighted by molar-refractivity contribution is -0.0416. The number of hydrogen-bond acceptors (Lipinski definition) is 14. The molecule has 3 aromatic heterocycles. The van der Waals surface area contributed by atoms with Crippen LogP contribution in [0.25, 0.3) is 0 Å². The van der Waals surface area contributed by atoms with Crippen LogP contribution in [-0.4, -0.2) is 77.0 Å². The Morgan fingerprint density at radius 1 is 0.518 bits per heavy atom. The van der Waals surface area contributed by atoms with Crippen molar-refractivity contribution in [1.29, 1.82) is 0 Å². The molecule has 0 spiro atoms. The molecule has 83 heavy (non-hydrogen) atoms. The van der Waals surface area contributed by atoms with Crippen molar-refractivity contribution in [3.05, 3.63) is 169 Å². The van der Waals surface area contributed by atoms with Gasteiger partial charge in [-0.25, -0.2) is 0 Å². The van der Waals surface area contributed by atoms with Crippen molar-refractivity contribution in [2.24, 2.45) is 0 Å². The Morgan fingerprint density at radius 3 is 1.13 bits per heavy atom. The molecule has 2 fully saturated rings. The predicted octanol–water partition coefficient (Wildman–Crippen LogP) is 19.2. The summed E-state index contributed by atoms with van der Waals surface area (Å²) < 4.78 is 54.3. The standard InChI is InChI=1S/C22H31ClO4SSi.C21H29ClO4SSi.C20H27ClO3SSi/c1-22(2,3)29(5,6)27-20(15-8-7-9-16(23)12-15)17-13-18(21-25-10-11-26-21)28-19(17)14-24-4;1-21(2,3)28(4,5)26-19(14-7-6-8-15(22)11-14)16-12-17(27-18(16)13-23)20-24-9-10-25-20;1-20(2,3)26(5,6)24-19(14-8-7-9-15(21)10-14)17-11-16(12-22)25-18(17)13-23-4/h7-9,12-13,20-21H,10-11,14H2,1-6H3;6-8,11-12,19-20,23H,9-10,13H2,1-5H3;7-12,19H,13H2,1-6H3. The van der Waals surface area contributed by atoms with Crippen LogP contribution in [0.15, 0.2) is 91.0 Å². The van der Waals surface area contributed by atoms with Crippen LogP contribution in [-0.2, 0) is 61.5 Å². The van der Waals surface area contributed by atoms with Gasteiger partial charge in [0, 0.05) is 60.6 Å². The largest absolute Gasteiger partial charge is 0.406 e. The van der Waals surface area contributed by atoms with E-state index in [1.165, 1.54) is 22.7 Å². The molecule has 0 amide bonds. The van der Waals surface area contributed by atoms with E-state index < -0.39 is 25.0 Å². The Bertz CT molecular complexity index is 3040. The minimum atomic E-state index is -2.09. The first-order valence-electron chi connectivity index (χ1n) is 28.0. The molecule has 3 atom stereocenters. The molecular formula is C63H87Cl3O11S3Si3. The van der Waals surface area contributed by atoms with Crippen LogP contribution in [0.3, 0.4) is 0 Å². The summed E-state index contributed by atoms with van der Waals surface area (Å²) in [6.45, 7) is 36.9. The number of halogens is 3. The SMILES string of the molecule is CC(C)(C)[Si](C)(C)OC(c1cccc(Cl)c1)c1cc(C2OCCO2)sc1CO.COCc1sc(C2OCCO2)cc1C(O[Si](C)(C)C(C)(C)C)c1cccc(Cl)c1.COCc1sc(C=O)cc1C(O[Si](C)(C)C(C)(C)C)c1cccc(Cl)c1. The smallest absolute Gasteiger partial charge is 0.193 e. The number of methoxy groups -OCH3 is 2. The second kappa shape index (κ2) is 29.7. The van der Waals surface area contributed by atoms with E-state index in [0.717, 1.165) is 64.1 Å². The van der Waals surface area contributed by atoms with Gasteiger partial charge < -0.3 is 46.8 Å². The quantitative estimate of drug-likeness (QED) is 0.0581. The number of benzene rings is 3. The second-order valence-corrected chi connectivity index (χ2v) is 44.4. The van der Waals surface area contributed by atoms with Gasteiger partial charge in [0.15, 0.2) is 43.8 Å². The highest BCUT2D eigenvalue weighted by Gasteiger charge is 2.44. The van der Waals surface area contributed by atoms with Gasteiger partial charge in [-0.3, -0.25) is 4.79 Å². The van der Waals surface area contributed by atoms with E-state index in [2.05, 4.69) is 120 Å². The van der Waals surface area contributed by atoms with Gasteiger partial charge in [-0.1, -0.05) is 134 Å². The molecule has 0 radical (unpaired) electrons.